The molecule has 0 bridgehead atoms. The topological polar surface area (TPSA) is 137 Å². The molecule has 1 saturated heterocycles. The molecule has 1 aromatic carbocycles. The summed E-state index contributed by atoms with van der Waals surface area (Å²) in [6, 6.07) is 7.18. The van der Waals surface area contributed by atoms with Crippen LogP contribution in [-0.4, -0.2) is 51.0 Å². The summed E-state index contributed by atoms with van der Waals surface area (Å²) in [7, 11) is 0. The number of anilines is 2. The van der Waals surface area contributed by atoms with Crippen molar-refractivity contribution in [2.24, 2.45) is 5.73 Å². The summed E-state index contributed by atoms with van der Waals surface area (Å²) in [5.41, 5.74) is 4.34. The number of nitriles is 1. The molecule has 4 N–H and O–H groups in total. The minimum atomic E-state index is -1.73. The predicted molar refractivity (Wildman–Crippen MR) is 97.7 cm³/mol. The number of halogens is 2. The third-order valence-electron chi connectivity index (χ3n) is 4.98. The SMILES string of the molecule is N#CC[C@]1(n2cc(C(N)=O)c(Nc3ccc(F)cc3)n2)CCN(C(=O)O)C[C@@H]1F. The number of likely N-dealkylation sites (tertiary alicyclic amines) is 1. The number of primary amides is 1. The van der Waals surface area contributed by atoms with E-state index in [1.807, 2.05) is 6.07 Å². The van der Waals surface area contributed by atoms with E-state index in [-0.39, 0.29) is 30.8 Å². The summed E-state index contributed by atoms with van der Waals surface area (Å²) in [5, 5.41) is 25.4. The van der Waals surface area contributed by atoms with Crippen molar-refractivity contribution in [3.8, 4) is 6.07 Å². The summed E-state index contributed by atoms with van der Waals surface area (Å²) < 4.78 is 29.4. The molecule has 0 radical (unpaired) electrons. The second-order valence-corrected chi connectivity index (χ2v) is 6.72. The molecule has 1 fully saturated rings. The number of nitrogens with zero attached hydrogens (tertiary/aromatic N) is 4. The highest BCUT2D eigenvalue weighted by molar-refractivity contribution is 5.98. The summed E-state index contributed by atoms with van der Waals surface area (Å²) in [6.07, 6.45) is -2.03. The average Bonchev–Trinajstić information content (AvgIpc) is 3.10. The van der Waals surface area contributed by atoms with E-state index in [0.717, 1.165) is 4.90 Å². The lowest BCUT2D eigenvalue weighted by molar-refractivity contribution is 0.0143. The smallest absolute Gasteiger partial charge is 0.407 e. The van der Waals surface area contributed by atoms with Crippen molar-refractivity contribution in [3.63, 3.8) is 0 Å². The van der Waals surface area contributed by atoms with Gasteiger partial charge in [-0.3, -0.25) is 9.48 Å². The van der Waals surface area contributed by atoms with E-state index < -0.39 is 36.1 Å². The second kappa shape index (κ2) is 7.75. The van der Waals surface area contributed by atoms with Gasteiger partial charge in [-0.1, -0.05) is 0 Å². The first kappa shape index (κ1) is 20.1. The summed E-state index contributed by atoms with van der Waals surface area (Å²) in [4.78, 5) is 24.0. The first-order chi connectivity index (χ1) is 13.8. The Balaban J connectivity index is 1.99. The molecule has 0 aliphatic carbocycles. The average molecular weight is 404 g/mol. The Labute approximate surface area is 164 Å². The Morgan fingerprint density at radius 3 is 2.66 bits per heavy atom. The number of carbonyl (C=O) groups is 2. The lowest BCUT2D eigenvalue weighted by Crippen LogP contribution is -2.56. The normalized spacial score (nSPS) is 21.4. The van der Waals surface area contributed by atoms with E-state index in [1.165, 1.54) is 35.1 Å². The predicted octanol–water partition coefficient (Wildman–Crippen LogP) is 2.20. The molecular formula is C18H18F2N6O3. The Bertz CT molecular complexity index is 971. The van der Waals surface area contributed by atoms with Gasteiger partial charge in [0.15, 0.2) is 5.82 Å². The van der Waals surface area contributed by atoms with Crippen LogP contribution in [-0.2, 0) is 5.54 Å². The lowest BCUT2D eigenvalue weighted by atomic mass is 9.83. The van der Waals surface area contributed by atoms with Gasteiger partial charge in [0, 0.05) is 18.4 Å². The van der Waals surface area contributed by atoms with Gasteiger partial charge in [0.1, 0.15) is 23.1 Å². The van der Waals surface area contributed by atoms with Crippen LogP contribution in [0.25, 0.3) is 0 Å². The van der Waals surface area contributed by atoms with Crippen molar-refractivity contribution >= 4 is 23.5 Å². The minimum absolute atomic E-state index is 0.00389. The minimum Gasteiger partial charge on any atom is -0.465 e. The van der Waals surface area contributed by atoms with Crippen LogP contribution in [0.1, 0.15) is 23.2 Å². The van der Waals surface area contributed by atoms with Gasteiger partial charge >= 0.3 is 6.09 Å². The Morgan fingerprint density at radius 2 is 2.10 bits per heavy atom. The fourth-order valence-corrected chi connectivity index (χ4v) is 3.33. The summed E-state index contributed by atoms with van der Waals surface area (Å²) >= 11 is 0. The number of nitrogens with two attached hydrogens (primary N) is 1. The van der Waals surface area contributed by atoms with Crippen LogP contribution < -0.4 is 11.1 Å². The van der Waals surface area contributed by atoms with E-state index >= 15 is 4.39 Å². The molecule has 2 aromatic rings. The lowest BCUT2D eigenvalue weighted by Gasteiger charge is -2.42. The van der Waals surface area contributed by atoms with Crippen molar-refractivity contribution in [2.45, 2.75) is 24.6 Å². The zero-order valence-corrected chi connectivity index (χ0v) is 15.2. The first-order valence-corrected chi connectivity index (χ1v) is 8.68. The standard InChI is InChI=1S/C18H18F2N6O3/c19-11-1-3-12(4-2-11)23-16-13(15(22)27)9-26(24-16)18(5-7-21)6-8-25(17(28)29)10-14(18)20/h1-4,9,14H,5-6,8,10H2,(H2,22,27)(H,23,24)(H,28,29)/t14-,18-/m0/s1. The van der Waals surface area contributed by atoms with E-state index in [4.69, 9.17) is 10.8 Å². The molecular weight excluding hydrogens is 386 g/mol. The van der Waals surface area contributed by atoms with Crippen LogP contribution in [0.5, 0.6) is 0 Å². The molecule has 2 atom stereocenters. The maximum atomic E-state index is 15.1. The molecule has 152 valence electrons. The molecule has 2 amide bonds. The van der Waals surface area contributed by atoms with E-state index in [1.54, 1.807) is 0 Å². The van der Waals surface area contributed by atoms with Crippen LogP contribution in [0.15, 0.2) is 30.5 Å². The number of carbonyl (C=O) groups excluding carboxylic acids is 1. The Morgan fingerprint density at radius 1 is 1.41 bits per heavy atom. The van der Waals surface area contributed by atoms with Gasteiger partial charge in [-0.2, -0.15) is 10.4 Å². The van der Waals surface area contributed by atoms with Crippen LogP contribution in [0.4, 0.5) is 25.1 Å². The second-order valence-electron chi connectivity index (χ2n) is 6.72. The number of carboxylic acid groups (broad SMARTS) is 1. The summed E-state index contributed by atoms with van der Waals surface area (Å²) in [5.74, 6) is -1.25. The monoisotopic (exact) mass is 404 g/mol. The van der Waals surface area contributed by atoms with Crippen LogP contribution in [0.2, 0.25) is 0 Å². The Hall–Kier alpha value is -3.68. The van der Waals surface area contributed by atoms with Crippen LogP contribution in [0.3, 0.4) is 0 Å². The van der Waals surface area contributed by atoms with Crippen LogP contribution >= 0.6 is 0 Å². The fraction of sp³-hybridized carbons (Fsp3) is 0.333. The van der Waals surface area contributed by atoms with Gasteiger partial charge in [0.25, 0.3) is 5.91 Å². The Kier molecular flexibility index (Phi) is 5.36. The maximum Gasteiger partial charge on any atom is 0.407 e. The highest BCUT2D eigenvalue weighted by atomic mass is 19.1. The van der Waals surface area contributed by atoms with Crippen molar-refractivity contribution in [2.75, 3.05) is 18.4 Å². The molecule has 0 unspecified atom stereocenters. The maximum absolute atomic E-state index is 15.1. The molecule has 1 aliphatic rings. The van der Waals surface area contributed by atoms with Crippen molar-refractivity contribution in [1.29, 1.82) is 5.26 Å². The van der Waals surface area contributed by atoms with Crippen LogP contribution in [0, 0.1) is 17.1 Å². The molecule has 3 rings (SSSR count). The molecule has 29 heavy (non-hydrogen) atoms. The van der Waals surface area contributed by atoms with Gasteiger partial charge in [-0.05, 0) is 30.7 Å². The molecule has 11 heteroatoms. The van der Waals surface area contributed by atoms with Gasteiger partial charge in [0.2, 0.25) is 0 Å². The quantitative estimate of drug-likeness (QED) is 0.699. The largest absolute Gasteiger partial charge is 0.465 e. The number of aromatic nitrogens is 2. The molecule has 9 nitrogen and oxygen atoms in total. The number of hydrogen-bond donors (Lipinski definition) is 3. The molecule has 1 aliphatic heterocycles. The number of amides is 2. The van der Waals surface area contributed by atoms with E-state index in [9.17, 15) is 19.2 Å². The highest BCUT2D eigenvalue weighted by Gasteiger charge is 2.47. The number of hydrogen-bond acceptors (Lipinski definition) is 5. The fourth-order valence-electron chi connectivity index (χ4n) is 3.33. The van der Waals surface area contributed by atoms with E-state index in [0.29, 0.717) is 5.69 Å². The third-order valence-corrected chi connectivity index (χ3v) is 4.98. The van der Waals surface area contributed by atoms with Crippen molar-refractivity contribution < 1.29 is 23.5 Å². The number of rotatable bonds is 5. The molecule has 0 saturated carbocycles. The third kappa shape index (κ3) is 3.82. The number of alkyl halides is 1. The summed E-state index contributed by atoms with van der Waals surface area (Å²) in [6.45, 7) is -0.423. The zero-order valence-electron chi connectivity index (χ0n) is 15.2. The molecule has 1 aromatic heterocycles. The number of piperidine rings is 1. The highest BCUT2D eigenvalue weighted by Crippen LogP contribution is 2.37. The zero-order chi connectivity index (χ0) is 21.2. The van der Waals surface area contributed by atoms with Crippen molar-refractivity contribution in [1.82, 2.24) is 14.7 Å². The van der Waals surface area contributed by atoms with Gasteiger partial charge < -0.3 is 21.1 Å². The molecule has 0 spiro atoms. The van der Waals surface area contributed by atoms with Gasteiger partial charge in [0.05, 0.1) is 19.0 Å². The van der Waals surface area contributed by atoms with Gasteiger partial charge in [-0.15, -0.1) is 0 Å². The first-order valence-electron chi connectivity index (χ1n) is 8.68. The number of nitrogens with one attached hydrogen (secondary N) is 1. The van der Waals surface area contributed by atoms with Gasteiger partial charge in [-0.25, -0.2) is 13.6 Å². The van der Waals surface area contributed by atoms with Crippen molar-refractivity contribution in [3.05, 3.63) is 41.8 Å². The molecule has 2 heterocycles. The van der Waals surface area contributed by atoms with E-state index in [2.05, 4.69) is 10.4 Å². The number of benzene rings is 1.